The Hall–Kier alpha value is -3.08. The number of carbonyl (C=O) groups is 3. The van der Waals surface area contributed by atoms with Crippen LogP contribution in [-0.4, -0.2) is 70.8 Å². The van der Waals surface area contributed by atoms with Crippen LogP contribution in [0.1, 0.15) is 81.9 Å². The van der Waals surface area contributed by atoms with Crippen molar-refractivity contribution in [1.29, 1.82) is 0 Å². The smallest absolute Gasteiger partial charge is 0.325 e. The summed E-state index contributed by atoms with van der Waals surface area (Å²) in [6.07, 6.45) is 7.47. The molecule has 1 amide bonds. The first-order chi connectivity index (χ1) is 23.8. The first kappa shape index (κ1) is 34.4. The summed E-state index contributed by atoms with van der Waals surface area (Å²) in [5, 5.41) is 14.0. The second-order valence-corrected chi connectivity index (χ2v) is 16.1. The summed E-state index contributed by atoms with van der Waals surface area (Å²) in [6.45, 7) is 6.51. The number of carbonyl (C=O) groups excluding carboxylic acids is 3. The van der Waals surface area contributed by atoms with Gasteiger partial charge in [0.1, 0.15) is 24.7 Å². The van der Waals surface area contributed by atoms with Gasteiger partial charge in [0.05, 0.1) is 6.42 Å². The third-order valence-electron chi connectivity index (χ3n) is 11.7. The van der Waals surface area contributed by atoms with E-state index in [1.807, 2.05) is 36.4 Å². The lowest BCUT2D eigenvalue weighted by atomic mass is 9.48. The third-order valence-corrected chi connectivity index (χ3v) is 13.0. The molecule has 1 spiro atoms. The predicted octanol–water partition coefficient (Wildman–Crippen LogP) is 5.39. The van der Waals surface area contributed by atoms with E-state index in [2.05, 4.69) is 30.1 Å². The highest BCUT2D eigenvalue weighted by Crippen LogP contribution is 2.66. The molecule has 5 unspecified atom stereocenters. The number of esters is 2. The maximum Gasteiger partial charge on any atom is 0.325 e. The Kier molecular flexibility index (Phi) is 10.3. The molecule has 49 heavy (non-hydrogen) atoms. The number of benzene rings is 2. The van der Waals surface area contributed by atoms with Gasteiger partial charge in [0.25, 0.3) is 0 Å². The molecule has 2 heterocycles. The lowest BCUT2D eigenvalue weighted by Gasteiger charge is -2.61. The fraction of sp³-hybridized carbons (Fsp3) is 0.615. The summed E-state index contributed by atoms with van der Waals surface area (Å²) in [7, 11) is 0. The van der Waals surface area contributed by atoms with Crippen molar-refractivity contribution in [3.8, 4) is 11.5 Å². The standard InChI is InChI=1S/C39H50N2O7S/c1-3-4-18-49-38(45)28-20-29-30-19-27-12-13-31(36-35(27)39(29,37(48-36)24(28)2)16-17-41(30)22-25-10-11-25)47-33(43)15-14-32(42)40-21-34(44)46-23-26-8-6-5-7-9-26/h5-9,12-13,24-25,28-30,37-38,45H,3-4,10-11,14-23H2,1-2H3,(H,40,42)/t24?,28?,29?,30?,37-,38?,39-/m0/s1. The Morgan fingerprint density at radius 1 is 1.12 bits per heavy atom. The summed E-state index contributed by atoms with van der Waals surface area (Å²) < 4.78 is 18.1. The molecular formula is C39H50N2O7S. The van der Waals surface area contributed by atoms with Crippen molar-refractivity contribution in [3.63, 3.8) is 0 Å². The second kappa shape index (κ2) is 14.6. The summed E-state index contributed by atoms with van der Waals surface area (Å²) in [4.78, 5) is 40.4. The topological polar surface area (TPSA) is 114 Å². The molecule has 2 N–H and O–H groups in total. The number of aliphatic hydroxyl groups is 1. The summed E-state index contributed by atoms with van der Waals surface area (Å²) in [5.74, 6) is 2.02. The first-order valence-electron chi connectivity index (χ1n) is 18.3. The number of unbranched alkanes of at least 4 members (excludes halogenated alkanes) is 1. The molecule has 2 aromatic rings. The van der Waals surface area contributed by atoms with Gasteiger partial charge in [-0.3, -0.25) is 19.3 Å². The molecule has 9 nitrogen and oxygen atoms in total. The van der Waals surface area contributed by atoms with Crippen LogP contribution in [0.5, 0.6) is 11.5 Å². The zero-order valence-electron chi connectivity index (χ0n) is 28.7. The van der Waals surface area contributed by atoms with Crippen molar-refractivity contribution in [3.05, 3.63) is 59.2 Å². The highest BCUT2D eigenvalue weighted by molar-refractivity contribution is 7.99. The molecule has 0 radical (unpaired) electrons. The maximum atomic E-state index is 13.1. The molecule has 2 aliphatic heterocycles. The number of thioether (sulfide) groups is 1. The zero-order valence-corrected chi connectivity index (χ0v) is 29.6. The minimum atomic E-state index is -0.544. The summed E-state index contributed by atoms with van der Waals surface area (Å²) >= 11 is 1.69. The van der Waals surface area contributed by atoms with Crippen LogP contribution in [-0.2, 0) is 37.6 Å². The number of hydrogen-bond acceptors (Lipinski definition) is 9. The zero-order chi connectivity index (χ0) is 34.1. The third kappa shape index (κ3) is 6.97. The lowest BCUT2D eigenvalue weighted by Crippen LogP contribution is -2.67. The molecule has 7 rings (SSSR count). The SMILES string of the molecule is CCCCSC(O)C1CC2C3Cc4ccc(OC(=O)CCC(=O)NCC(=O)OCc5ccccc5)c5c4[C@@]2(CCN3CC2CC2)[C@@H](O5)C1C. The number of rotatable bonds is 15. The van der Waals surface area contributed by atoms with E-state index in [9.17, 15) is 19.5 Å². The van der Waals surface area contributed by atoms with Crippen molar-refractivity contribution >= 4 is 29.6 Å². The van der Waals surface area contributed by atoms with Crippen molar-refractivity contribution in [1.82, 2.24) is 10.2 Å². The number of piperidine rings is 1. The molecule has 1 saturated heterocycles. The predicted molar refractivity (Wildman–Crippen MR) is 187 cm³/mol. The van der Waals surface area contributed by atoms with E-state index in [1.165, 1.54) is 24.0 Å². The van der Waals surface area contributed by atoms with Gasteiger partial charge in [-0.1, -0.05) is 56.7 Å². The van der Waals surface area contributed by atoms with Gasteiger partial charge >= 0.3 is 11.9 Å². The Labute approximate surface area is 293 Å². The molecule has 2 bridgehead atoms. The fourth-order valence-corrected chi connectivity index (χ4v) is 10.4. The highest BCUT2D eigenvalue weighted by Gasteiger charge is 2.67. The van der Waals surface area contributed by atoms with E-state index in [1.54, 1.807) is 11.8 Å². The Morgan fingerprint density at radius 3 is 2.71 bits per heavy atom. The van der Waals surface area contributed by atoms with Crippen LogP contribution in [0.4, 0.5) is 0 Å². The fourth-order valence-electron chi connectivity index (χ4n) is 9.11. The summed E-state index contributed by atoms with van der Waals surface area (Å²) in [5.41, 5.74) is 2.79. The molecule has 10 heteroatoms. The van der Waals surface area contributed by atoms with Gasteiger partial charge in [-0.2, -0.15) is 0 Å². The molecule has 3 fully saturated rings. The van der Waals surface area contributed by atoms with Crippen LogP contribution in [0.25, 0.3) is 0 Å². The number of aliphatic hydroxyl groups excluding tert-OH is 1. The molecule has 5 aliphatic rings. The van der Waals surface area contributed by atoms with E-state index in [0.717, 1.165) is 62.4 Å². The van der Waals surface area contributed by atoms with E-state index in [0.29, 0.717) is 23.5 Å². The minimum absolute atomic E-state index is 0.0930. The number of likely N-dealkylation sites (tertiary alicyclic amines) is 1. The van der Waals surface area contributed by atoms with Gasteiger partial charge in [-0.05, 0) is 79.9 Å². The van der Waals surface area contributed by atoms with Crippen LogP contribution >= 0.6 is 11.8 Å². The van der Waals surface area contributed by atoms with E-state index < -0.39 is 23.3 Å². The number of amides is 1. The van der Waals surface area contributed by atoms with Crippen LogP contribution < -0.4 is 14.8 Å². The average Bonchev–Trinajstić information content (AvgIpc) is 3.86. The van der Waals surface area contributed by atoms with Crippen molar-refractivity contribution in [2.24, 2.45) is 23.7 Å². The minimum Gasteiger partial charge on any atom is -0.485 e. The monoisotopic (exact) mass is 690 g/mol. The first-order valence-corrected chi connectivity index (χ1v) is 19.4. The van der Waals surface area contributed by atoms with Gasteiger partial charge in [0.15, 0.2) is 11.5 Å². The Bertz CT molecular complexity index is 1530. The van der Waals surface area contributed by atoms with Crippen molar-refractivity contribution in [2.45, 2.75) is 101 Å². The van der Waals surface area contributed by atoms with Crippen LogP contribution in [0, 0.1) is 23.7 Å². The Morgan fingerprint density at radius 2 is 1.94 bits per heavy atom. The average molecular weight is 691 g/mol. The maximum absolute atomic E-state index is 13.1. The second-order valence-electron chi connectivity index (χ2n) is 14.8. The number of nitrogens with one attached hydrogen (secondary N) is 1. The van der Waals surface area contributed by atoms with Crippen molar-refractivity contribution in [2.75, 3.05) is 25.4 Å². The number of nitrogens with zero attached hydrogens (tertiary/aromatic N) is 1. The number of ether oxygens (including phenoxy) is 3. The molecule has 0 aromatic heterocycles. The highest BCUT2D eigenvalue weighted by atomic mass is 32.2. The molecule has 7 atom stereocenters. The Balaban J connectivity index is 1.02. The van der Waals surface area contributed by atoms with Crippen LogP contribution in [0.15, 0.2) is 42.5 Å². The summed E-state index contributed by atoms with van der Waals surface area (Å²) in [6, 6.07) is 13.7. The molecule has 264 valence electrons. The van der Waals surface area contributed by atoms with E-state index in [-0.39, 0.29) is 49.3 Å². The van der Waals surface area contributed by atoms with E-state index in [4.69, 9.17) is 14.2 Å². The van der Waals surface area contributed by atoms with Gasteiger partial charge in [-0.15, -0.1) is 11.8 Å². The molecular weight excluding hydrogens is 641 g/mol. The van der Waals surface area contributed by atoms with Gasteiger partial charge in [0.2, 0.25) is 5.91 Å². The van der Waals surface area contributed by atoms with E-state index >= 15 is 0 Å². The van der Waals surface area contributed by atoms with Crippen molar-refractivity contribution < 1.29 is 33.7 Å². The van der Waals surface area contributed by atoms with Gasteiger partial charge in [-0.25, -0.2) is 0 Å². The quantitative estimate of drug-likeness (QED) is 0.110. The van der Waals surface area contributed by atoms with Gasteiger partial charge in [0, 0.05) is 41.8 Å². The normalized spacial score (nSPS) is 28.6. The molecule has 2 saturated carbocycles. The molecule has 3 aliphatic carbocycles. The lowest BCUT2D eigenvalue weighted by molar-refractivity contribution is -0.145. The van der Waals surface area contributed by atoms with Gasteiger partial charge < -0.3 is 24.6 Å². The number of hydrogen-bond donors (Lipinski definition) is 2. The van der Waals surface area contributed by atoms with Crippen LogP contribution in [0.3, 0.4) is 0 Å². The molecule has 2 aromatic carbocycles. The largest absolute Gasteiger partial charge is 0.485 e. The van der Waals surface area contributed by atoms with Crippen LogP contribution in [0.2, 0.25) is 0 Å².